The van der Waals surface area contributed by atoms with Crippen LogP contribution < -0.4 is 4.74 Å². The first kappa shape index (κ1) is 19.8. The molecule has 0 aromatic carbocycles. The fourth-order valence-electron chi connectivity index (χ4n) is 2.36. The molecule has 2 heterocycles. The van der Waals surface area contributed by atoms with Crippen LogP contribution in [0.4, 0.5) is 22.8 Å². The largest absolute Gasteiger partial charge is 0.481 e. The molecule has 144 valence electrons. The summed E-state index contributed by atoms with van der Waals surface area (Å²) in [6.45, 7) is 6.31. The first-order valence-electron chi connectivity index (χ1n) is 7.69. The highest BCUT2D eigenvalue weighted by Crippen LogP contribution is 2.37. The Morgan fingerprint density at radius 1 is 1.27 bits per heavy atom. The van der Waals surface area contributed by atoms with Crippen LogP contribution in [-0.4, -0.2) is 40.8 Å². The van der Waals surface area contributed by atoms with Crippen molar-refractivity contribution in [2.24, 2.45) is 0 Å². The Bertz CT molecular complexity index is 715. The third-order valence-electron chi connectivity index (χ3n) is 3.51. The van der Waals surface area contributed by atoms with Crippen molar-refractivity contribution < 1.29 is 37.0 Å². The number of cyclic esters (lactones) is 1. The zero-order valence-corrected chi connectivity index (χ0v) is 14.9. The minimum absolute atomic E-state index is 0.177. The van der Waals surface area contributed by atoms with E-state index >= 15 is 0 Å². The Kier molecular flexibility index (Phi) is 5.07. The van der Waals surface area contributed by atoms with Crippen molar-refractivity contribution >= 4 is 12.2 Å². The van der Waals surface area contributed by atoms with Crippen molar-refractivity contribution in [3.63, 3.8) is 0 Å². The summed E-state index contributed by atoms with van der Waals surface area (Å²) < 4.78 is 54.2. The first-order valence-corrected chi connectivity index (χ1v) is 7.69. The van der Waals surface area contributed by atoms with Crippen LogP contribution in [-0.2, 0) is 15.7 Å². The van der Waals surface area contributed by atoms with E-state index in [2.05, 4.69) is 4.98 Å². The lowest BCUT2D eigenvalue weighted by molar-refractivity contribution is -0.137. The standard InChI is InChI=1S/C16H19F3N2O5/c1-8-12(25-13(22)21(8)14(23)26-15(2,3)4)10-6-9(16(17,18)19)7-11(20-10)24-5/h6-8,12H,1-5H3/t8-,12-/m0/s1. The normalized spacial score (nSPS) is 20.8. The van der Waals surface area contributed by atoms with Crippen LogP contribution in [0.2, 0.25) is 0 Å². The molecular formula is C16H19F3N2O5. The van der Waals surface area contributed by atoms with Crippen molar-refractivity contribution in [2.45, 2.75) is 51.6 Å². The zero-order chi connectivity index (χ0) is 19.9. The van der Waals surface area contributed by atoms with Crippen molar-refractivity contribution in [1.82, 2.24) is 9.88 Å². The molecule has 1 aromatic heterocycles. The minimum Gasteiger partial charge on any atom is -0.481 e. The van der Waals surface area contributed by atoms with Crippen LogP contribution in [0, 0.1) is 0 Å². The summed E-state index contributed by atoms with van der Waals surface area (Å²) in [5, 5.41) is 0. The number of rotatable bonds is 2. The van der Waals surface area contributed by atoms with E-state index in [1.807, 2.05) is 0 Å². The minimum atomic E-state index is -4.64. The van der Waals surface area contributed by atoms with Gasteiger partial charge in [-0.3, -0.25) is 0 Å². The second-order valence-electron chi connectivity index (χ2n) is 6.72. The summed E-state index contributed by atoms with van der Waals surface area (Å²) >= 11 is 0. The molecule has 0 unspecified atom stereocenters. The maximum absolute atomic E-state index is 13.1. The van der Waals surface area contributed by atoms with E-state index in [4.69, 9.17) is 14.2 Å². The number of ether oxygens (including phenoxy) is 3. The number of hydrogen-bond donors (Lipinski definition) is 0. The van der Waals surface area contributed by atoms with E-state index < -0.39 is 41.7 Å². The summed E-state index contributed by atoms with van der Waals surface area (Å²) in [6.07, 6.45) is -7.79. The van der Waals surface area contributed by atoms with Gasteiger partial charge in [0.15, 0.2) is 6.10 Å². The van der Waals surface area contributed by atoms with E-state index in [0.717, 1.165) is 12.1 Å². The van der Waals surface area contributed by atoms with Gasteiger partial charge in [-0.2, -0.15) is 13.2 Å². The van der Waals surface area contributed by atoms with E-state index in [9.17, 15) is 22.8 Å². The van der Waals surface area contributed by atoms with Crippen molar-refractivity contribution in [3.05, 3.63) is 23.4 Å². The number of carbonyl (C=O) groups excluding carboxylic acids is 2. The molecule has 7 nitrogen and oxygen atoms in total. The molecule has 1 aromatic rings. The number of aromatic nitrogens is 1. The number of carbonyl (C=O) groups is 2. The number of nitrogens with zero attached hydrogens (tertiary/aromatic N) is 2. The summed E-state index contributed by atoms with van der Waals surface area (Å²) in [5.74, 6) is -0.284. The Hall–Kier alpha value is -2.52. The summed E-state index contributed by atoms with van der Waals surface area (Å²) in [7, 11) is 1.17. The van der Waals surface area contributed by atoms with Gasteiger partial charge in [0.25, 0.3) is 0 Å². The quantitative estimate of drug-likeness (QED) is 0.778. The predicted molar refractivity (Wildman–Crippen MR) is 82.5 cm³/mol. The zero-order valence-electron chi connectivity index (χ0n) is 14.9. The van der Waals surface area contributed by atoms with Crippen LogP contribution in [0.3, 0.4) is 0 Å². The highest BCUT2D eigenvalue weighted by atomic mass is 19.4. The third kappa shape index (κ3) is 4.17. The van der Waals surface area contributed by atoms with Gasteiger partial charge in [-0.15, -0.1) is 0 Å². The smallest absolute Gasteiger partial charge is 0.420 e. The molecule has 0 bridgehead atoms. The molecule has 2 rings (SSSR count). The average molecular weight is 376 g/mol. The lowest BCUT2D eigenvalue weighted by atomic mass is 10.1. The van der Waals surface area contributed by atoms with Crippen molar-refractivity contribution in [3.8, 4) is 5.88 Å². The highest BCUT2D eigenvalue weighted by molar-refractivity contribution is 5.90. The number of pyridine rings is 1. The van der Waals surface area contributed by atoms with E-state index in [1.165, 1.54) is 14.0 Å². The Morgan fingerprint density at radius 3 is 2.38 bits per heavy atom. The van der Waals surface area contributed by atoms with E-state index in [1.54, 1.807) is 20.8 Å². The van der Waals surface area contributed by atoms with Gasteiger partial charge in [0.2, 0.25) is 5.88 Å². The molecule has 0 N–H and O–H groups in total. The van der Waals surface area contributed by atoms with E-state index in [-0.39, 0.29) is 11.6 Å². The van der Waals surface area contributed by atoms with Crippen LogP contribution in [0.5, 0.6) is 5.88 Å². The molecule has 10 heteroatoms. The molecule has 1 aliphatic heterocycles. The number of imide groups is 1. The molecule has 0 radical (unpaired) electrons. The van der Waals surface area contributed by atoms with Gasteiger partial charge >= 0.3 is 18.4 Å². The molecule has 0 aliphatic carbocycles. The van der Waals surface area contributed by atoms with Gasteiger partial charge in [-0.1, -0.05) is 0 Å². The number of alkyl halides is 3. The van der Waals surface area contributed by atoms with Gasteiger partial charge in [0.05, 0.1) is 24.4 Å². The monoisotopic (exact) mass is 376 g/mol. The van der Waals surface area contributed by atoms with Crippen LogP contribution >= 0.6 is 0 Å². The number of halogens is 3. The van der Waals surface area contributed by atoms with E-state index in [0.29, 0.717) is 4.90 Å². The van der Waals surface area contributed by atoms with Gasteiger partial charge in [-0.25, -0.2) is 19.5 Å². The topological polar surface area (TPSA) is 78.0 Å². The van der Waals surface area contributed by atoms with Crippen LogP contribution in [0.25, 0.3) is 0 Å². The van der Waals surface area contributed by atoms with Crippen molar-refractivity contribution in [2.75, 3.05) is 7.11 Å². The molecule has 26 heavy (non-hydrogen) atoms. The van der Waals surface area contributed by atoms with Crippen molar-refractivity contribution in [1.29, 1.82) is 0 Å². The molecule has 1 fully saturated rings. The number of amides is 2. The molecule has 0 saturated carbocycles. The maximum atomic E-state index is 13.1. The van der Waals surface area contributed by atoms with Crippen LogP contribution in [0.15, 0.2) is 12.1 Å². The molecule has 1 saturated heterocycles. The fourth-order valence-corrected chi connectivity index (χ4v) is 2.36. The van der Waals surface area contributed by atoms with Gasteiger partial charge in [0.1, 0.15) is 5.60 Å². The van der Waals surface area contributed by atoms with Gasteiger partial charge < -0.3 is 14.2 Å². The Morgan fingerprint density at radius 2 is 1.88 bits per heavy atom. The van der Waals surface area contributed by atoms with Gasteiger partial charge in [-0.05, 0) is 33.8 Å². The highest BCUT2D eigenvalue weighted by Gasteiger charge is 2.46. The summed E-state index contributed by atoms with van der Waals surface area (Å²) in [5.41, 5.74) is -2.03. The second kappa shape index (κ2) is 6.65. The molecule has 2 amide bonds. The summed E-state index contributed by atoms with van der Waals surface area (Å²) in [4.78, 5) is 28.9. The Balaban J connectivity index is 2.36. The third-order valence-corrected chi connectivity index (χ3v) is 3.51. The first-order chi connectivity index (χ1) is 11.8. The Labute approximate surface area is 148 Å². The lowest BCUT2D eigenvalue weighted by Crippen LogP contribution is -2.41. The summed E-state index contributed by atoms with van der Waals surface area (Å²) in [6, 6.07) is 0.574. The molecule has 0 spiro atoms. The van der Waals surface area contributed by atoms with Crippen LogP contribution in [0.1, 0.15) is 45.1 Å². The molecule has 1 aliphatic rings. The fraction of sp³-hybridized carbons (Fsp3) is 0.562. The second-order valence-corrected chi connectivity index (χ2v) is 6.72. The van der Waals surface area contributed by atoms with Gasteiger partial charge in [0, 0.05) is 6.07 Å². The predicted octanol–water partition coefficient (Wildman–Crippen LogP) is 3.93. The molecule has 2 atom stereocenters. The lowest BCUT2D eigenvalue weighted by Gasteiger charge is -2.24. The molecular weight excluding hydrogens is 357 g/mol. The average Bonchev–Trinajstić information content (AvgIpc) is 2.79. The number of hydrogen-bond acceptors (Lipinski definition) is 6. The SMILES string of the molecule is COc1cc(C(F)(F)F)cc([C@H]2OC(=O)N(C(=O)OC(C)(C)C)[C@H]2C)n1. The number of methoxy groups -OCH3 is 1. The maximum Gasteiger partial charge on any atom is 0.420 e.